The van der Waals surface area contributed by atoms with Gasteiger partial charge in [-0.15, -0.1) is 5.10 Å². The molecule has 0 aliphatic rings. The quantitative estimate of drug-likeness (QED) is 0.269. The third kappa shape index (κ3) is 5.42. The average molecular weight is 434 g/mol. The van der Waals surface area contributed by atoms with E-state index in [9.17, 15) is 0 Å². The average Bonchev–Trinajstić information content (AvgIpc) is 3.29. The molecule has 0 amide bonds. The normalized spacial score (nSPS) is 11.1. The SMILES string of the molecule is CCCOc1ccc2ccccc2c1CNCCCSc1nnnn1-c1ccccc1. The van der Waals surface area contributed by atoms with Gasteiger partial charge in [0.1, 0.15) is 5.75 Å². The maximum atomic E-state index is 6.01. The van der Waals surface area contributed by atoms with Crippen LogP contribution in [0.15, 0.2) is 71.9 Å². The highest BCUT2D eigenvalue weighted by molar-refractivity contribution is 7.99. The molecule has 3 aromatic carbocycles. The molecule has 1 heterocycles. The smallest absolute Gasteiger partial charge is 0.214 e. The third-order valence-corrected chi connectivity index (χ3v) is 5.94. The molecule has 0 radical (unpaired) electrons. The Morgan fingerprint density at radius 3 is 2.71 bits per heavy atom. The summed E-state index contributed by atoms with van der Waals surface area (Å²) in [4.78, 5) is 0. The van der Waals surface area contributed by atoms with Crippen LogP contribution in [0.4, 0.5) is 0 Å². The molecule has 0 unspecified atom stereocenters. The van der Waals surface area contributed by atoms with Crippen LogP contribution in [-0.2, 0) is 6.54 Å². The standard InChI is InChI=1S/C24H27N5OS/c1-2-16-30-23-14-13-19-9-6-7-12-21(19)22(23)18-25-15-8-17-31-24-26-27-28-29(24)20-10-4-3-5-11-20/h3-7,9-14,25H,2,8,15-18H2,1H3. The molecular weight excluding hydrogens is 406 g/mol. The van der Waals surface area contributed by atoms with E-state index in [2.05, 4.69) is 64.2 Å². The first-order chi connectivity index (χ1) is 15.4. The summed E-state index contributed by atoms with van der Waals surface area (Å²) in [5.74, 6) is 1.92. The van der Waals surface area contributed by atoms with Gasteiger partial charge in [-0.05, 0) is 58.8 Å². The van der Waals surface area contributed by atoms with Gasteiger partial charge in [-0.2, -0.15) is 4.68 Å². The molecule has 0 bridgehead atoms. The van der Waals surface area contributed by atoms with Crippen molar-refractivity contribution in [1.29, 1.82) is 0 Å². The predicted molar refractivity (Wildman–Crippen MR) is 126 cm³/mol. The maximum absolute atomic E-state index is 6.01. The van der Waals surface area contributed by atoms with E-state index in [1.807, 2.05) is 30.3 Å². The van der Waals surface area contributed by atoms with Gasteiger partial charge in [0, 0.05) is 17.9 Å². The number of benzene rings is 3. The Morgan fingerprint density at radius 2 is 1.84 bits per heavy atom. The zero-order chi connectivity index (χ0) is 21.3. The minimum absolute atomic E-state index is 0.734. The Morgan fingerprint density at radius 1 is 1.00 bits per heavy atom. The van der Waals surface area contributed by atoms with E-state index in [0.717, 1.165) is 54.9 Å². The third-order valence-electron chi connectivity index (χ3n) is 4.93. The molecule has 0 aliphatic heterocycles. The molecule has 1 aromatic heterocycles. The zero-order valence-electron chi connectivity index (χ0n) is 17.7. The number of ether oxygens (including phenoxy) is 1. The first kappa shape index (κ1) is 21.3. The number of para-hydroxylation sites is 1. The van der Waals surface area contributed by atoms with Crippen LogP contribution in [0.5, 0.6) is 5.75 Å². The van der Waals surface area contributed by atoms with E-state index in [-0.39, 0.29) is 0 Å². The lowest BCUT2D eigenvalue weighted by Gasteiger charge is -2.15. The molecule has 0 saturated carbocycles. The summed E-state index contributed by atoms with van der Waals surface area (Å²) in [5, 5.41) is 19.0. The minimum atomic E-state index is 0.734. The van der Waals surface area contributed by atoms with E-state index in [4.69, 9.17) is 4.74 Å². The molecule has 0 aliphatic carbocycles. The van der Waals surface area contributed by atoms with Crippen LogP contribution in [0, 0.1) is 0 Å². The van der Waals surface area contributed by atoms with Crippen LogP contribution in [0.25, 0.3) is 16.5 Å². The highest BCUT2D eigenvalue weighted by Gasteiger charge is 2.10. The van der Waals surface area contributed by atoms with E-state index >= 15 is 0 Å². The van der Waals surface area contributed by atoms with Crippen molar-refractivity contribution in [3.63, 3.8) is 0 Å². The molecule has 160 valence electrons. The van der Waals surface area contributed by atoms with Crippen molar-refractivity contribution in [2.24, 2.45) is 0 Å². The molecule has 0 atom stereocenters. The molecular formula is C24H27N5OS. The van der Waals surface area contributed by atoms with E-state index in [1.165, 1.54) is 16.3 Å². The molecule has 4 rings (SSSR count). The van der Waals surface area contributed by atoms with Crippen LogP contribution >= 0.6 is 11.8 Å². The number of fused-ring (bicyclic) bond motifs is 1. The second kappa shape index (κ2) is 10.9. The fraction of sp³-hybridized carbons (Fsp3) is 0.292. The van der Waals surface area contributed by atoms with Crippen molar-refractivity contribution in [3.8, 4) is 11.4 Å². The first-order valence-corrected chi connectivity index (χ1v) is 11.7. The number of hydrogen-bond donors (Lipinski definition) is 1. The fourth-order valence-electron chi connectivity index (χ4n) is 3.42. The lowest BCUT2D eigenvalue weighted by molar-refractivity contribution is 0.314. The van der Waals surface area contributed by atoms with Crippen molar-refractivity contribution in [2.75, 3.05) is 18.9 Å². The highest BCUT2D eigenvalue weighted by atomic mass is 32.2. The summed E-state index contributed by atoms with van der Waals surface area (Å²) in [6.07, 6.45) is 2.02. The first-order valence-electron chi connectivity index (χ1n) is 10.7. The van der Waals surface area contributed by atoms with Gasteiger partial charge in [0.05, 0.1) is 12.3 Å². The molecule has 0 spiro atoms. The van der Waals surface area contributed by atoms with Gasteiger partial charge in [-0.25, -0.2) is 0 Å². The van der Waals surface area contributed by atoms with Crippen molar-refractivity contribution in [1.82, 2.24) is 25.5 Å². The van der Waals surface area contributed by atoms with Crippen LogP contribution in [0.2, 0.25) is 0 Å². The van der Waals surface area contributed by atoms with Crippen LogP contribution in [-0.4, -0.2) is 39.1 Å². The summed E-state index contributed by atoms with van der Waals surface area (Å²) in [5.41, 5.74) is 2.20. The number of aromatic nitrogens is 4. The van der Waals surface area contributed by atoms with E-state index in [0.29, 0.717) is 0 Å². The zero-order valence-corrected chi connectivity index (χ0v) is 18.5. The van der Waals surface area contributed by atoms with Crippen LogP contribution in [0.1, 0.15) is 25.3 Å². The lowest BCUT2D eigenvalue weighted by atomic mass is 10.0. The molecule has 0 fully saturated rings. The van der Waals surface area contributed by atoms with Gasteiger partial charge in [-0.3, -0.25) is 0 Å². The second-order valence-corrected chi connectivity index (χ2v) is 8.26. The van der Waals surface area contributed by atoms with Crippen molar-refractivity contribution in [3.05, 3.63) is 72.3 Å². The van der Waals surface area contributed by atoms with E-state index < -0.39 is 0 Å². The Hall–Kier alpha value is -2.90. The summed E-state index contributed by atoms with van der Waals surface area (Å²) in [6.45, 7) is 4.56. The Kier molecular flexibility index (Phi) is 7.52. The van der Waals surface area contributed by atoms with Gasteiger partial charge in [-0.1, -0.05) is 67.2 Å². The van der Waals surface area contributed by atoms with Crippen LogP contribution < -0.4 is 10.1 Å². The van der Waals surface area contributed by atoms with Gasteiger partial charge in [0.25, 0.3) is 0 Å². The summed E-state index contributed by atoms with van der Waals surface area (Å²) < 4.78 is 7.79. The van der Waals surface area contributed by atoms with Crippen LogP contribution in [0.3, 0.4) is 0 Å². The van der Waals surface area contributed by atoms with Crippen molar-refractivity contribution < 1.29 is 4.74 Å². The second-order valence-electron chi connectivity index (χ2n) is 7.20. The van der Waals surface area contributed by atoms with Gasteiger partial charge >= 0.3 is 0 Å². The maximum Gasteiger partial charge on any atom is 0.214 e. The Labute approximate surface area is 187 Å². The molecule has 31 heavy (non-hydrogen) atoms. The Balaban J connectivity index is 1.31. The summed E-state index contributed by atoms with van der Waals surface area (Å²) in [6, 6.07) is 22.7. The monoisotopic (exact) mass is 433 g/mol. The number of tetrazole rings is 1. The number of rotatable bonds is 11. The summed E-state index contributed by atoms with van der Waals surface area (Å²) >= 11 is 1.67. The number of nitrogens with one attached hydrogen (secondary N) is 1. The summed E-state index contributed by atoms with van der Waals surface area (Å²) in [7, 11) is 0. The molecule has 7 heteroatoms. The van der Waals surface area contributed by atoms with Crippen molar-refractivity contribution in [2.45, 2.75) is 31.5 Å². The molecule has 4 aromatic rings. The fourth-order valence-corrected chi connectivity index (χ4v) is 4.25. The largest absolute Gasteiger partial charge is 0.493 e. The molecule has 6 nitrogen and oxygen atoms in total. The number of hydrogen-bond acceptors (Lipinski definition) is 6. The molecule has 1 N–H and O–H groups in total. The van der Waals surface area contributed by atoms with Gasteiger partial charge < -0.3 is 10.1 Å². The number of nitrogens with zero attached hydrogens (tertiary/aromatic N) is 4. The van der Waals surface area contributed by atoms with Gasteiger partial charge in [0.2, 0.25) is 5.16 Å². The van der Waals surface area contributed by atoms with E-state index in [1.54, 1.807) is 16.4 Å². The lowest BCUT2D eigenvalue weighted by Crippen LogP contribution is -2.16. The van der Waals surface area contributed by atoms with Crippen molar-refractivity contribution >= 4 is 22.5 Å². The minimum Gasteiger partial charge on any atom is -0.493 e. The predicted octanol–water partition coefficient (Wildman–Crippen LogP) is 4.88. The highest BCUT2D eigenvalue weighted by Crippen LogP contribution is 2.28. The number of thioether (sulfide) groups is 1. The molecule has 0 saturated heterocycles. The topological polar surface area (TPSA) is 64.9 Å². The van der Waals surface area contributed by atoms with Gasteiger partial charge in [0.15, 0.2) is 0 Å². The Bertz CT molecular complexity index is 1100.